The van der Waals surface area contributed by atoms with Gasteiger partial charge in [0.1, 0.15) is 0 Å². The SMILES string of the molecule is C=CCN(CC=C)Cc1c(C)[nH]c2c(C)cc(C)cc2c1=O. The molecule has 2 rings (SSSR count). The molecule has 0 aliphatic carbocycles. The first-order chi connectivity index (χ1) is 10.5. The monoisotopic (exact) mass is 296 g/mol. The smallest absolute Gasteiger partial charge is 0.194 e. The van der Waals surface area contributed by atoms with Crippen LogP contribution in [-0.4, -0.2) is 23.0 Å². The maximum atomic E-state index is 12.9. The molecule has 3 heteroatoms. The van der Waals surface area contributed by atoms with Crippen LogP contribution in [0.4, 0.5) is 0 Å². The number of nitrogens with zero attached hydrogens (tertiary/aromatic N) is 1. The number of hydrogen-bond donors (Lipinski definition) is 1. The first-order valence-electron chi connectivity index (χ1n) is 7.54. The molecule has 2 aromatic rings. The molecule has 1 aromatic carbocycles. The van der Waals surface area contributed by atoms with Crippen LogP contribution in [-0.2, 0) is 6.54 Å². The molecule has 0 radical (unpaired) electrons. The van der Waals surface area contributed by atoms with Crippen molar-refractivity contribution in [3.05, 3.63) is 70.1 Å². The van der Waals surface area contributed by atoms with Crippen LogP contribution >= 0.6 is 0 Å². The molecule has 0 aliphatic rings. The van der Waals surface area contributed by atoms with Crippen LogP contribution in [0.2, 0.25) is 0 Å². The van der Waals surface area contributed by atoms with E-state index in [1.54, 1.807) is 0 Å². The minimum Gasteiger partial charge on any atom is -0.358 e. The lowest BCUT2D eigenvalue weighted by molar-refractivity contribution is 0.326. The maximum Gasteiger partial charge on any atom is 0.194 e. The highest BCUT2D eigenvalue weighted by Gasteiger charge is 2.13. The second-order valence-electron chi connectivity index (χ2n) is 5.83. The molecule has 0 bridgehead atoms. The number of aromatic nitrogens is 1. The summed E-state index contributed by atoms with van der Waals surface area (Å²) in [5.74, 6) is 0. The number of fused-ring (bicyclic) bond motifs is 1. The Hall–Kier alpha value is -2.13. The van der Waals surface area contributed by atoms with Gasteiger partial charge in [-0.15, -0.1) is 13.2 Å². The highest BCUT2D eigenvalue weighted by molar-refractivity contribution is 5.83. The molecule has 0 unspecified atom stereocenters. The van der Waals surface area contributed by atoms with Gasteiger partial charge in [-0.2, -0.15) is 0 Å². The van der Waals surface area contributed by atoms with E-state index < -0.39 is 0 Å². The van der Waals surface area contributed by atoms with Gasteiger partial charge in [0.15, 0.2) is 5.43 Å². The predicted octanol–water partition coefficient (Wildman–Crippen LogP) is 3.63. The summed E-state index contributed by atoms with van der Waals surface area (Å²) in [6, 6.07) is 4.06. The normalized spacial score (nSPS) is 11.1. The molecular formula is C19H24N2O. The Balaban J connectivity index is 2.57. The first-order valence-corrected chi connectivity index (χ1v) is 7.54. The Labute approximate surface area is 132 Å². The quantitative estimate of drug-likeness (QED) is 0.826. The molecule has 0 aliphatic heterocycles. The molecule has 0 amide bonds. The fourth-order valence-electron chi connectivity index (χ4n) is 2.89. The van der Waals surface area contributed by atoms with Gasteiger partial charge >= 0.3 is 0 Å². The van der Waals surface area contributed by atoms with Gasteiger partial charge in [0.05, 0.1) is 5.52 Å². The minimum absolute atomic E-state index is 0.121. The van der Waals surface area contributed by atoms with Crippen molar-refractivity contribution in [3.8, 4) is 0 Å². The lowest BCUT2D eigenvalue weighted by atomic mass is 10.0. The molecule has 0 fully saturated rings. The van der Waals surface area contributed by atoms with Crippen molar-refractivity contribution in [1.82, 2.24) is 9.88 Å². The summed E-state index contributed by atoms with van der Waals surface area (Å²) in [6.45, 7) is 15.6. The fourth-order valence-corrected chi connectivity index (χ4v) is 2.89. The van der Waals surface area contributed by atoms with Crippen molar-refractivity contribution in [2.75, 3.05) is 13.1 Å². The van der Waals surface area contributed by atoms with E-state index in [0.717, 1.165) is 46.4 Å². The summed E-state index contributed by atoms with van der Waals surface area (Å²) in [7, 11) is 0. The molecular weight excluding hydrogens is 272 g/mol. The Morgan fingerprint density at radius 3 is 2.36 bits per heavy atom. The van der Waals surface area contributed by atoms with Gasteiger partial charge in [-0.3, -0.25) is 9.69 Å². The lowest BCUT2D eigenvalue weighted by Gasteiger charge is -2.20. The van der Waals surface area contributed by atoms with Crippen molar-refractivity contribution >= 4 is 10.9 Å². The largest absolute Gasteiger partial charge is 0.358 e. The number of aryl methyl sites for hydroxylation is 3. The van der Waals surface area contributed by atoms with Gasteiger partial charge in [0, 0.05) is 36.3 Å². The standard InChI is InChI=1S/C19H24N2O/c1-6-8-21(9-7-2)12-17-15(5)20-18-14(4)10-13(3)11-16(18)19(17)22/h6-7,10-11H,1-2,8-9,12H2,3-5H3,(H,20,22). The number of aromatic amines is 1. The zero-order valence-electron chi connectivity index (χ0n) is 13.7. The zero-order chi connectivity index (χ0) is 16.3. The van der Waals surface area contributed by atoms with E-state index in [1.807, 2.05) is 39.0 Å². The maximum absolute atomic E-state index is 12.9. The third-order valence-electron chi connectivity index (χ3n) is 3.92. The second kappa shape index (κ2) is 6.75. The van der Waals surface area contributed by atoms with Crippen molar-refractivity contribution < 1.29 is 0 Å². The highest BCUT2D eigenvalue weighted by atomic mass is 16.1. The summed E-state index contributed by atoms with van der Waals surface area (Å²) >= 11 is 0. The second-order valence-corrected chi connectivity index (χ2v) is 5.83. The molecule has 3 nitrogen and oxygen atoms in total. The molecule has 1 heterocycles. The van der Waals surface area contributed by atoms with Crippen LogP contribution < -0.4 is 5.43 Å². The molecule has 1 aromatic heterocycles. The third-order valence-corrected chi connectivity index (χ3v) is 3.92. The summed E-state index contributed by atoms with van der Waals surface area (Å²) in [4.78, 5) is 18.5. The van der Waals surface area contributed by atoms with Gasteiger partial charge in [0.25, 0.3) is 0 Å². The Bertz CT molecular complexity index is 761. The number of benzene rings is 1. The number of nitrogens with one attached hydrogen (secondary N) is 1. The van der Waals surface area contributed by atoms with Crippen molar-refractivity contribution in [2.45, 2.75) is 27.3 Å². The van der Waals surface area contributed by atoms with E-state index in [0.29, 0.717) is 6.54 Å². The van der Waals surface area contributed by atoms with Gasteiger partial charge in [-0.05, 0) is 38.0 Å². The van der Waals surface area contributed by atoms with Crippen LogP contribution in [0.3, 0.4) is 0 Å². The van der Waals surface area contributed by atoms with E-state index >= 15 is 0 Å². The Morgan fingerprint density at radius 2 is 1.77 bits per heavy atom. The average Bonchev–Trinajstić information content (AvgIpc) is 2.45. The molecule has 116 valence electrons. The van der Waals surface area contributed by atoms with E-state index in [4.69, 9.17) is 0 Å². The van der Waals surface area contributed by atoms with Gasteiger partial charge in [-0.1, -0.05) is 18.2 Å². The summed E-state index contributed by atoms with van der Waals surface area (Å²) < 4.78 is 0. The number of pyridine rings is 1. The number of H-pyrrole nitrogens is 1. The fraction of sp³-hybridized carbons (Fsp3) is 0.316. The first kappa shape index (κ1) is 16.2. The predicted molar refractivity (Wildman–Crippen MR) is 94.5 cm³/mol. The van der Waals surface area contributed by atoms with Gasteiger partial charge in [0.2, 0.25) is 0 Å². The average molecular weight is 296 g/mol. The van der Waals surface area contributed by atoms with Crippen LogP contribution in [0.1, 0.15) is 22.4 Å². The summed E-state index contributed by atoms with van der Waals surface area (Å²) in [5.41, 5.74) is 5.03. The minimum atomic E-state index is 0.121. The van der Waals surface area contributed by atoms with Crippen molar-refractivity contribution in [3.63, 3.8) is 0 Å². The number of rotatable bonds is 6. The van der Waals surface area contributed by atoms with E-state index in [9.17, 15) is 4.79 Å². The van der Waals surface area contributed by atoms with Crippen molar-refractivity contribution in [1.29, 1.82) is 0 Å². The topological polar surface area (TPSA) is 36.1 Å². The molecule has 0 atom stereocenters. The van der Waals surface area contributed by atoms with E-state index in [-0.39, 0.29) is 5.43 Å². The zero-order valence-corrected chi connectivity index (χ0v) is 13.7. The summed E-state index contributed by atoms with van der Waals surface area (Å²) in [5, 5.41) is 0.773. The highest BCUT2D eigenvalue weighted by Crippen LogP contribution is 2.18. The van der Waals surface area contributed by atoms with E-state index in [1.165, 1.54) is 0 Å². The van der Waals surface area contributed by atoms with Crippen LogP contribution in [0, 0.1) is 20.8 Å². The van der Waals surface area contributed by atoms with Crippen LogP contribution in [0.25, 0.3) is 10.9 Å². The molecule has 0 spiro atoms. The number of hydrogen-bond acceptors (Lipinski definition) is 2. The Morgan fingerprint density at radius 1 is 1.14 bits per heavy atom. The molecule has 0 saturated heterocycles. The Kier molecular flexibility index (Phi) is 4.99. The van der Waals surface area contributed by atoms with Gasteiger partial charge in [-0.25, -0.2) is 0 Å². The van der Waals surface area contributed by atoms with Crippen molar-refractivity contribution in [2.24, 2.45) is 0 Å². The molecule has 0 saturated carbocycles. The molecule has 22 heavy (non-hydrogen) atoms. The summed E-state index contributed by atoms with van der Waals surface area (Å²) in [6.07, 6.45) is 3.70. The third kappa shape index (κ3) is 3.20. The van der Waals surface area contributed by atoms with E-state index in [2.05, 4.69) is 29.1 Å². The lowest BCUT2D eigenvalue weighted by Crippen LogP contribution is -2.28. The van der Waals surface area contributed by atoms with Crippen LogP contribution in [0.15, 0.2) is 42.2 Å². The van der Waals surface area contributed by atoms with Gasteiger partial charge < -0.3 is 4.98 Å². The van der Waals surface area contributed by atoms with Crippen LogP contribution in [0.5, 0.6) is 0 Å². The molecule has 1 N–H and O–H groups in total.